The molecule has 1 N–H and O–H groups in total. The van der Waals surface area contributed by atoms with Gasteiger partial charge in [0.15, 0.2) is 5.69 Å². The summed E-state index contributed by atoms with van der Waals surface area (Å²) in [6.45, 7) is 3.61. The number of carbonyl (C=O) groups is 1. The van der Waals surface area contributed by atoms with Gasteiger partial charge in [-0.3, -0.25) is 10.1 Å². The van der Waals surface area contributed by atoms with Crippen molar-refractivity contribution in [3.63, 3.8) is 0 Å². The standard InChI is InChI=1S/C14H13FN6OS/c1-3-11-17-19-14(23-11)16-13(22)12-8(2)21(20-18-12)10-7-5-4-6-9(10)15/h4-7H,3H2,1-2H3,(H,16,19,22). The fraction of sp³-hybridized carbons (Fsp3) is 0.214. The van der Waals surface area contributed by atoms with Gasteiger partial charge in [0.05, 0.1) is 5.69 Å². The number of hydrogen-bond donors (Lipinski definition) is 1. The number of nitrogens with zero attached hydrogens (tertiary/aromatic N) is 5. The first kappa shape index (κ1) is 15.2. The van der Waals surface area contributed by atoms with Crippen molar-refractivity contribution in [3.05, 3.63) is 46.5 Å². The summed E-state index contributed by atoms with van der Waals surface area (Å²) in [7, 11) is 0. The van der Waals surface area contributed by atoms with Gasteiger partial charge in [-0.05, 0) is 25.5 Å². The fourth-order valence-electron chi connectivity index (χ4n) is 1.99. The molecule has 3 rings (SSSR count). The van der Waals surface area contributed by atoms with E-state index < -0.39 is 11.7 Å². The van der Waals surface area contributed by atoms with E-state index in [9.17, 15) is 9.18 Å². The lowest BCUT2D eigenvalue weighted by Crippen LogP contribution is -2.14. The lowest BCUT2D eigenvalue weighted by molar-refractivity contribution is 0.102. The molecule has 23 heavy (non-hydrogen) atoms. The lowest BCUT2D eigenvalue weighted by atomic mass is 10.2. The average molecular weight is 332 g/mol. The van der Waals surface area contributed by atoms with Gasteiger partial charge < -0.3 is 0 Å². The molecule has 0 aliphatic heterocycles. The third-order valence-corrected chi connectivity index (χ3v) is 4.16. The van der Waals surface area contributed by atoms with Gasteiger partial charge in [0, 0.05) is 0 Å². The van der Waals surface area contributed by atoms with E-state index in [1.54, 1.807) is 25.1 Å². The molecule has 0 unspecified atom stereocenters. The van der Waals surface area contributed by atoms with Crippen LogP contribution in [0.15, 0.2) is 24.3 Å². The topological polar surface area (TPSA) is 85.6 Å². The first-order valence-corrected chi connectivity index (χ1v) is 7.72. The van der Waals surface area contributed by atoms with Crippen molar-refractivity contribution < 1.29 is 9.18 Å². The summed E-state index contributed by atoms with van der Waals surface area (Å²) in [5.41, 5.74) is 0.787. The maximum atomic E-state index is 13.8. The van der Waals surface area contributed by atoms with Crippen LogP contribution in [0.25, 0.3) is 5.69 Å². The summed E-state index contributed by atoms with van der Waals surface area (Å²) < 4.78 is 15.1. The number of anilines is 1. The largest absolute Gasteiger partial charge is 0.295 e. The Kier molecular flexibility index (Phi) is 4.11. The molecule has 0 fully saturated rings. The quantitative estimate of drug-likeness (QED) is 0.793. The molecule has 0 saturated heterocycles. The zero-order valence-corrected chi connectivity index (χ0v) is 13.3. The van der Waals surface area contributed by atoms with Gasteiger partial charge in [0.2, 0.25) is 5.13 Å². The van der Waals surface area contributed by atoms with E-state index in [2.05, 4.69) is 25.8 Å². The monoisotopic (exact) mass is 332 g/mol. The molecule has 0 aliphatic carbocycles. The van der Waals surface area contributed by atoms with Crippen LogP contribution in [0.2, 0.25) is 0 Å². The molecular formula is C14H13FN6OS. The van der Waals surface area contributed by atoms with E-state index in [4.69, 9.17) is 0 Å². The van der Waals surface area contributed by atoms with Crippen molar-refractivity contribution in [2.75, 3.05) is 5.32 Å². The van der Waals surface area contributed by atoms with Crippen LogP contribution in [0, 0.1) is 12.7 Å². The second-order valence-electron chi connectivity index (χ2n) is 4.70. The van der Waals surface area contributed by atoms with E-state index in [-0.39, 0.29) is 11.4 Å². The second kappa shape index (κ2) is 6.21. The van der Waals surface area contributed by atoms with Gasteiger partial charge in [-0.25, -0.2) is 9.07 Å². The predicted molar refractivity (Wildman–Crippen MR) is 83.3 cm³/mol. The zero-order chi connectivity index (χ0) is 16.4. The highest BCUT2D eigenvalue weighted by atomic mass is 32.1. The van der Waals surface area contributed by atoms with Crippen molar-refractivity contribution in [1.82, 2.24) is 25.2 Å². The Hall–Kier alpha value is -2.68. The molecule has 0 radical (unpaired) electrons. The number of amides is 1. The van der Waals surface area contributed by atoms with Crippen molar-refractivity contribution >= 4 is 22.4 Å². The summed E-state index contributed by atoms with van der Waals surface area (Å²) in [5.74, 6) is -0.895. The van der Waals surface area contributed by atoms with Crippen LogP contribution in [0.3, 0.4) is 0 Å². The van der Waals surface area contributed by atoms with Gasteiger partial charge in [-0.1, -0.05) is 35.6 Å². The second-order valence-corrected chi connectivity index (χ2v) is 5.76. The normalized spacial score (nSPS) is 10.7. The Morgan fingerprint density at radius 1 is 1.30 bits per heavy atom. The highest BCUT2D eigenvalue weighted by molar-refractivity contribution is 7.15. The van der Waals surface area contributed by atoms with E-state index >= 15 is 0 Å². The Morgan fingerprint density at radius 2 is 2.09 bits per heavy atom. The zero-order valence-electron chi connectivity index (χ0n) is 12.4. The number of para-hydroxylation sites is 1. The molecule has 9 heteroatoms. The highest BCUT2D eigenvalue weighted by Gasteiger charge is 2.20. The molecule has 118 valence electrons. The van der Waals surface area contributed by atoms with Gasteiger partial charge in [-0.2, -0.15) is 0 Å². The Labute approximate surface area is 135 Å². The third-order valence-electron chi connectivity index (χ3n) is 3.18. The molecule has 3 aromatic rings. The fourth-order valence-corrected chi connectivity index (χ4v) is 2.67. The van der Waals surface area contributed by atoms with Crippen LogP contribution < -0.4 is 5.32 Å². The van der Waals surface area contributed by atoms with E-state index in [0.717, 1.165) is 11.4 Å². The van der Waals surface area contributed by atoms with Crippen LogP contribution in [0.1, 0.15) is 28.1 Å². The molecule has 0 atom stereocenters. The molecule has 7 nitrogen and oxygen atoms in total. The molecule has 1 amide bonds. The minimum Gasteiger partial charge on any atom is -0.295 e. The Bertz CT molecular complexity index is 859. The minimum absolute atomic E-state index is 0.113. The first-order chi connectivity index (χ1) is 11.1. The third kappa shape index (κ3) is 2.95. The van der Waals surface area contributed by atoms with Crippen LogP contribution in [-0.4, -0.2) is 31.1 Å². The highest BCUT2D eigenvalue weighted by Crippen LogP contribution is 2.18. The molecule has 0 aliphatic rings. The molecule has 2 heterocycles. The summed E-state index contributed by atoms with van der Waals surface area (Å²) in [6.07, 6.45) is 0.746. The Morgan fingerprint density at radius 3 is 2.78 bits per heavy atom. The number of aromatic nitrogens is 5. The van der Waals surface area contributed by atoms with Crippen LogP contribution in [-0.2, 0) is 6.42 Å². The number of hydrogen-bond acceptors (Lipinski definition) is 6. The van der Waals surface area contributed by atoms with Crippen molar-refractivity contribution in [3.8, 4) is 5.69 Å². The molecule has 0 bridgehead atoms. The number of rotatable bonds is 4. The average Bonchev–Trinajstić information content (AvgIpc) is 3.14. The number of carbonyl (C=O) groups excluding carboxylic acids is 1. The maximum Gasteiger partial charge on any atom is 0.279 e. The van der Waals surface area contributed by atoms with Crippen LogP contribution in [0.4, 0.5) is 9.52 Å². The lowest BCUT2D eigenvalue weighted by Gasteiger charge is -2.04. The number of aryl methyl sites for hydroxylation is 1. The summed E-state index contributed by atoms with van der Waals surface area (Å²) in [5, 5.41) is 19.4. The Balaban J connectivity index is 1.87. The van der Waals surface area contributed by atoms with Crippen LogP contribution >= 0.6 is 11.3 Å². The van der Waals surface area contributed by atoms with Crippen molar-refractivity contribution in [1.29, 1.82) is 0 Å². The number of nitrogens with one attached hydrogen (secondary N) is 1. The van der Waals surface area contributed by atoms with Gasteiger partial charge in [0.1, 0.15) is 16.5 Å². The molecule has 2 aromatic heterocycles. The maximum absolute atomic E-state index is 13.8. The van der Waals surface area contributed by atoms with Crippen LogP contribution in [0.5, 0.6) is 0 Å². The van der Waals surface area contributed by atoms with Crippen molar-refractivity contribution in [2.24, 2.45) is 0 Å². The predicted octanol–water partition coefficient (Wildman–Crippen LogP) is 2.38. The van der Waals surface area contributed by atoms with E-state index in [0.29, 0.717) is 10.8 Å². The van der Waals surface area contributed by atoms with Crippen molar-refractivity contribution in [2.45, 2.75) is 20.3 Å². The summed E-state index contributed by atoms with van der Waals surface area (Å²) in [4.78, 5) is 12.3. The molecule has 1 aromatic carbocycles. The van der Waals surface area contributed by atoms with E-state index in [1.807, 2.05) is 6.92 Å². The molecular weight excluding hydrogens is 319 g/mol. The van der Waals surface area contributed by atoms with E-state index in [1.165, 1.54) is 22.1 Å². The van der Waals surface area contributed by atoms with Gasteiger partial charge in [0.25, 0.3) is 5.91 Å². The SMILES string of the molecule is CCc1nnc(NC(=O)c2nnn(-c3ccccc3F)c2C)s1. The number of halogens is 1. The molecule has 0 spiro atoms. The molecule has 0 saturated carbocycles. The summed E-state index contributed by atoms with van der Waals surface area (Å²) >= 11 is 1.30. The summed E-state index contributed by atoms with van der Waals surface area (Å²) in [6, 6.07) is 6.16. The minimum atomic E-state index is -0.455. The first-order valence-electron chi connectivity index (χ1n) is 6.91. The van der Waals surface area contributed by atoms with Gasteiger partial charge in [-0.15, -0.1) is 15.3 Å². The smallest absolute Gasteiger partial charge is 0.279 e. The number of benzene rings is 1. The van der Waals surface area contributed by atoms with Gasteiger partial charge >= 0.3 is 0 Å².